The molecular weight excluding hydrogens is 665 g/mol. The molecule has 49 heavy (non-hydrogen) atoms. The Morgan fingerprint density at radius 1 is 0.796 bits per heavy atom. The van der Waals surface area contributed by atoms with Gasteiger partial charge in [-0.15, -0.1) is 22.7 Å². The second kappa shape index (κ2) is 12.2. The number of carbonyl (C=O) groups excluding carboxylic acids is 2. The van der Waals surface area contributed by atoms with E-state index in [-0.39, 0.29) is 30.0 Å². The lowest BCUT2D eigenvalue weighted by Gasteiger charge is -2.27. The summed E-state index contributed by atoms with van der Waals surface area (Å²) in [6.07, 6.45) is 6.22. The van der Waals surface area contributed by atoms with E-state index in [2.05, 4.69) is 19.9 Å². The van der Waals surface area contributed by atoms with Gasteiger partial charge >= 0.3 is 12.2 Å². The smallest absolute Gasteiger partial charge is 0.410 e. The summed E-state index contributed by atoms with van der Waals surface area (Å²) in [6.45, 7) is 12.4. The third kappa shape index (κ3) is 6.31. The molecule has 1 aromatic carbocycles. The number of fused-ring (bicyclic) bond motifs is 2. The van der Waals surface area contributed by atoms with Gasteiger partial charge in [0.05, 0.1) is 62.1 Å². The maximum absolute atomic E-state index is 12.9. The maximum Gasteiger partial charge on any atom is 0.410 e. The lowest BCUT2D eigenvalue weighted by Crippen LogP contribution is -2.36. The molecule has 2 saturated heterocycles. The molecule has 2 unspecified atom stereocenters. The normalized spacial score (nSPS) is 18.6. The molecule has 6 heterocycles. The number of hydrogen-bond acceptors (Lipinski definition) is 10. The van der Waals surface area contributed by atoms with Crippen molar-refractivity contribution in [2.45, 2.75) is 90.5 Å². The molecule has 0 radical (unpaired) electrons. The van der Waals surface area contributed by atoms with Crippen LogP contribution in [0.2, 0.25) is 0 Å². The molecule has 3 N–H and O–H groups in total. The number of aromatic hydroxyl groups is 1. The molecule has 0 spiro atoms. The van der Waals surface area contributed by atoms with Gasteiger partial charge in [-0.05, 0) is 79.4 Å². The van der Waals surface area contributed by atoms with Crippen molar-refractivity contribution in [1.29, 1.82) is 0 Å². The number of likely N-dealkylation sites (tertiary alicyclic amines) is 2. The first kappa shape index (κ1) is 33.2. The molecule has 7 rings (SSSR count). The summed E-state index contributed by atoms with van der Waals surface area (Å²) >= 11 is 2.96. The molecule has 0 bridgehead atoms. The van der Waals surface area contributed by atoms with E-state index in [0.29, 0.717) is 40.6 Å². The van der Waals surface area contributed by atoms with Crippen molar-refractivity contribution in [1.82, 2.24) is 29.7 Å². The second-order valence-electron chi connectivity index (χ2n) is 14.6. The van der Waals surface area contributed by atoms with Crippen LogP contribution in [0.3, 0.4) is 0 Å². The van der Waals surface area contributed by atoms with Gasteiger partial charge in [0.1, 0.15) is 34.3 Å². The predicted octanol–water partition coefficient (Wildman–Crippen LogP) is 8.75. The van der Waals surface area contributed by atoms with Gasteiger partial charge in [-0.25, -0.2) is 19.6 Å². The Kier molecular flexibility index (Phi) is 8.29. The Morgan fingerprint density at radius 2 is 1.27 bits per heavy atom. The number of ether oxygens (including phenoxy) is 3. The van der Waals surface area contributed by atoms with Gasteiger partial charge in [0.2, 0.25) is 0 Å². The number of aromatic nitrogens is 4. The van der Waals surface area contributed by atoms with E-state index in [4.69, 9.17) is 14.2 Å². The van der Waals surface area contributed by atoms with Crippen LogP contribution >= 0.6 is 22.7 Å². The Bertz CT molecular complexity index is 1910. The van der Waals surface area contributed by atoms with Gasteiger partial charge in [0.25, 0.3) is 0 Å². The monoisotopic (exact) mass is 706 g/mol. The van der Waals surface area contributed by atoms with Crippen molar-refractivity contribution in [3.63, 3.8) is 0 Å². The first-order chi connectivity index (χ1) is 23.2. The summed E-state index contributed by atoms with van der Waals surface area (Å²) in [7, 11) is 1.64. The van der Waals surface area contributed by atoms with Gasteiger partial charge in [-0.1, -0.05) is 0 Å². The fraction of sp³-hybridized carbons (Fsp3) is 0.486. The number of benzene rings is 1. The number of nitrogens with one attached hydrogen (secondary N) is 2. The van der Waals surface area contributed by atoms with E-state index in [1.54, 1.807) is 29.3 Å². The highest BCUT2D eigenvalue weighted by Gasteiger charge is 2.36. The number of phenols is 1. The fourth-order valence-electron chi connectivity index (χ4n) is 6.63. The van der Waals surface area contributed by atoms with Crippen LogP contribution in [0.5, 0.6) is 11.5 Å². The largest absolute Gasteiger partial charge is 0.506 e. The highest BCUT2D eigenvalue weighted by Crippen LogP contribution is 2.52. The molecule has 0 saturated carbocycles. The number of H-pyrrole nitrogens is 2. The van der Waals surface area contributed by atoms with Crippen LogP contribution < -0.4 is 4.74 Å². The van der Waals surface area contributed by atoms with Crippen molar-refractivity contribution in [3.8, 4) is 32.6 Å². The van der Waals surface area contributed by atoms with Crippen molar-refractivity contribution < 1.29 is 28.9 Å². The average Bonchev–Trinajstić information content (AvgIpc) is 3.84. The zero-order valence-corrected chi connectivity index (χ0v) is 30.4. The van der Waals surface area contributed by atoms with E-state index in [1.165, 1.54) is 22.7 Å². The van der Waals surface area contributed by atoms with Crippen LogP contribution in [0.1, 0.15) is 91.0 Å². The van der Waals surface area contributed by atoms with E-state index >= 15 is 0 Å². The highest BCUT2D eigenvalue weighted by molar-refractivity contribution is 7.24. The minimum absolute atomic E-state index is 0.183. The van der Waals surface area contributed by atoms with Crippen molar-refractivity contribution in [2.75, 3.05) is 20.2 Å². The zero-order valence-electron chi connectivity index (χ0n) is 28.8. The topological polar surface area (TPSA) is 146 Å². The number of rotatable bonds is 5. The molecule has 260 valence electrons. The van der Waals surface area contributed by atoms with Crippen LogP contribution in [-0.2, 0) is 9.47 Å². The van der Waals surface area contributed by atoms with Crippen molar-refractivity contribution >= 4 is 55.0 Å². The molecule has 2 atom stereocenters. The predicted molar refractivity (Wildman–Crippen MR) is 190 cm³/mol. The van der Waals surface area contributed by atoms with Crippen molar-refractivity contribution in [3.05, 3.63) is 36.2 Å². The summed E-state index contributed by atoms with van der Waals surface area (Å²) in [6, 6.07) is 3.58. The molecule has 2 aliphatic rings. The molecule has 0 aliphatic carbocycles. The highest BCUT2D eigenvalue weighted by atomic mass is 32.1. The number of phenolic OH excluding ortho intramolecular Hbond substituents is 1. The number of amides is 2. The number of carbonyl (C=O) groups is 2. The number of nitrogens with zero attached hydrogens (tertiary/aromatic N) is 4. The van der Waals surface area contributed by atoms with Crippen LogP contribution in [0.15, 0.2) is 24.5 Å². The van der Waals surface area contributed by atoms with E-state index in [9.17, 15) is 14.7 Å². The third-order valence-corrected chi connectivity index (χ3v) is 11.0. The Hall–Kier alpha value is -4.30. The first-order valence-corrected chi connectivity index (χ1v) is 18.2. The lowest BCUT2D eigenvalue weighted by molar-refractivity contribution is 0.0208. The molecule has 4 aromatic heterocycles. The van der Waals surface area contributed by atoms with Crippen molar-refractivity contribution in [2.24, 2.45) is 0 Å². The Labute approximate surface area is 292 Å². The molecule has 2 amide bonds. The van der Waals surface area contributed by atoms with Crippen LogP contribution in [0.4, 0.5) is 9.59 Å². The molecular formula is C35H42N6O6S2. The van der Waals surface area contributed by atoms with Crippen LogP contribution in [0, 0.1) is 0 Å². The fourth-order valence-corrected chi connectivity index (χ4v) is 8.87. The summed E-state index contributed by atoms with van der Waals surface area (Å²) in [5.74, 6) is 2.29. The zero-order chi connectivity index (χ0) is 34.8. The first-order valence-electron chi connectivity index (χ1n) is 16.6. The van der Waals surface area contributed by atoms with Crippen LogP contribution in [0.25, 0.3) is 41.3 Å². The number of thiophene rings is 2. The van der Waals surface area contributed by atoms with Gasteiger partial charge < -0.3 is 29.3 Å². The molecule has 2 aliphatic heterocycles. The summed E-state index contributed by atoms with van der Waals surface area (Å²) in [5, 5.41) is 13.1. The SMILES string of the molecule is COc1c2cc(-c3cnc(C4CCCN4C(=O)OC(C)(C)C)[nH]3)sc2c(O)c2cc(-c3cnc(C4CCCN4C(=O)OC(C)(C)C)[nH]3)sc12. The standard InChI is InChI=1S/C35H42N6O6S2/c1-34(2,3)46-32(43)40-12-8-10-22(40)30-36-16-20(38-30)24-14-18-26(42)28-19(27(45-7)29(18)49-24)15-25(48-28)21-17-37-31(39-21)23-11-9-13-41(23)33(44)47-35(4,5)6/h14-17,22-23,42H,8-13H2,1-7H3,(H,36,38)(H,37,39). The number of aromatic amines is 2. The quantitative estimate of drug-likeness (QED) is 0.164. The third-order valence-electron chi connectivity index (χ3n) is 8.70. The number of methoxy groups -OCH3 is 1. The number of imidazole rings is 2. The second-order valence-corrected chi connectivity index (χ2v) is 16.7. The van der Waals surface area contributed by atoms with E-state index < -0.39 is 11.2 Å². The molecule has 5 aromatic rings. The van der Waals surface area contributed by atoms with Crippen LogP contribution in [-0.4, -0.2) is 78.4 Å². The minimum atomic E-state index is -0.576. The number of hydrogen-bond donors (Lipinski definition) is 3. The van der Waals surface area contributed by atoms with Gasteiger partial charge in [-0.3, -0.25) is 9.80 Å². The maximum atomic E-state index is 12.9. The van der Waals surface area contributed by atoms with Gasteiger partial charge in [0.15, 0.2) is 0 Å². The molecule has 2 fully saturated rings. The Balaban J connectivity index is 1.17. The molecule has 14 heteroatoms. The molecule has 12 nitrogen and oxygen atoms in total. The summed E-state index contributed by atoms with van der Waals surface area (Å²) < 4.78 is 18.8. The van der Waals surface area contributed by atoms with Gasteiger partial charge in [0, 0.05) is 23.9 Å². The lowest BCUT2D eigenvalue weighted by atomic mass is 10.1. The van der Waals surface area contributed by atoms with E-state index in [1.807, 2.05) is 53.7 Å². The average molecular weight is 707 g/mol. The minimum Gasteiger partial charge on any atom is -0.506 e. The Morgan fingerprint density at radius 3 is 1.73 bits per heavy atom. The summed E-state index contributed by atoms with van der Waals surface area (Å²) in [4.78, 5) is 47.2. The van der Waals surface area contributed by atoms with Gasteiger partial charge in [-0.2, -0.15) is 0 Å². The van der Waals surface area contributed by atoms with E-state index in [0.717, 1.165) is 56.9 Å². The summed E-state index contributed by atoms with van der Waals surface area (Å²) in [5.41, 5.74) is 0.449.